The third kappa shape index (κ3) is 3.32. The second kappa shape index (κ2) is 6.90. The number of carbonyl (C=O) groups is 1. The Morgan fingerprint density at radius 2 is 2.07 bits per heavy atom. The van der Waals surface area contributed by atoms with Crippen LogP contribution in [0.5, 0.6) is 5.75 Å². The minimum atomic E-state index is -0.170. The third-order valence-electron chi connectivity index (χ3n) is 4.74. The number of aryl methyl sites for hydroxylation is 3. The topological polar surface area (TPSA) is 82.2 Å². The van der Waals surface area contributed by atoms with E-state index >= 15 is 0 Å². The van der Waals surface area contributed by atoms with E-state index in [1.807, 2.05) is 42.8 Å². The summed E-state index contributed by atoms with van der Waals surface area (Å²) in [4.78, 5) is 17.5. The summed E-state index contributed by atoms with van der Waals surface area (Å²) in [7, 11) is 1.62. The molecule has 1 atom stereocenters. The minimum absolute atomic E-state index is 0.147. The summed E-state index contributed by atoms with van der Waals surface area (Å²) < 4.78 is 12.9. The Morgan fingerprint density at radius 1 is 1.30 bits per heavy atom. The summed E-state index contributed by atoms with van der Waals surface area (Å²) in [5.74, 6) is 3.37. The molecule has 1 aliphatic heterocycles. The standard InChI is InChI=1S/C20H22N4O3/c1-12-11-16(18(27-12)14-6-8-15(26-3)9-7-14)20(25)22-17-5-4-10-24-19(17)21-13(2)23-24/h6-9,11,17H,4-5,10H2,1-3H3,(H,22,25). The molecular formula is C20H22N4O3. The highest BCUT2D eigenvalue weighted by Gasteiger charge is 2.27. The summed E-state index contributed by atoms with van der Waals surface area (Å²) in [6.07, 6.45) is 1.80. The first-order valence-corrected chi connectivity index (χ1v) is 9.02. The van der Waals surface area contributed by atoms with E-state index in [0.717, 1.165) is 42.3 Å². The van der Waals surface area contributed by atoms with Gasteiger partial charge in [-0.05, 0) is 57.0 Å². The maximum atomic E-state index is 13.0. The van der Waals surface area contributed by atoms with Crippen LogP contribution in [0.1, 0.15) is 46.7 Å². The predicted octanol–water partition coefficient (Wildman–Crippen LogP) is 3.43. The van der Waals surface area contributed by atoms with Crippen LogP contribution in [0.4, 0.5) is 0 Å². The van der Waals surface area contributed by atoms with Crippen molar-refractivity contribution in [3.63, 3.8) is 0 Å². The first-order chi connectivity index (χ1) is 13.0. The number of methoxy groups -OCH3 is 1. The number of carbonyl (C=O) groups excluding carboxylic acids is 1. The molecule has 3 aromatic rings. The SMILES string of the molecule is COc1ccc(-c2oc(C)cc2C(=O)NC2CCCn3nc(C)nc32)cc1. The summed E-state index contributed by atoms with van der Waals surface area (Å²) in [5.41, 5.74) is 1.35. The molecule has 1 unspecified atom stereocenters. The highest BCUT2D eigenvalue weighted by Crippen LogP contribution is 2.30. The Morgan fingerprint density at radius 3 is 2.81 bits per heavy atom. The number of hydrogen-bond acceptors (Lipinski definition) is 5. The van der Waals surface area contributed by atoms with Crippen LogP contribution >= 0.6 is 0 Å². The molecule has 3 heterocycles. The van der Waals surface area contributed by atoms with E-state index < -0.39 is 0 Å². The maximum absolute atomic E-state index is 13.0. The second-order valence-electron chi connectivity index (χ2n) is 6.74. The zero-order chi connectivity index (χ0) is 19.0. The lowest BCUT2D eigenvalue weighted by molar-refractivity contribution is 0.0927. The molecule has 1 amide bonds. The van der Waals surface area contributed by atoms with Crippen LogP contribution in [0.2, 0.25) is 0 Å². The second-order valence-corrected chi connectivity index (χ2v) is 6.74. The van der Waals surface area contributed by atoms with Gasteiger partial charge in [0, 0.05) is 12.1 Å². The number of nitrogens with zero attached hydrogens (tertiary/aromatic N) is 3. The predicted molar refractivity (Wildman–Crippen MR) is 99.6 cm³/mol. The Kier molecular flexibility index (Phi) is 4.43. The molecule has 0 saturated carbocycles. The number of nitrogens with one attached hydrogen (secondary N) is 1. The molecule has 1 aliphatic rings. The first-order valence-electron chi connectivity index (χ1n) is 9.02. The summed E-state index contributed by atoms with van der Waals surface area (Å²) in [5, 5.41) is 7.49. The van der Waals surface area contributed by atoms with Crippen molar-refractivity contribution in [3.8, 4) is 17.1 Å². The molecule has 0 bridgehead atoms. The number of benzene rings is 1. The van der Waals surface area contributed by atoms with E-state index in [1.54, 1.807) is 13.2 Å². The van der Waals surface area contributed by atoms with E-state index in [4.69, 9.17) is 9.15 Å². The largest absolute Gasteiger partial charge is 0.497 e. The number of ether oxygens (including phenoxy) is 1. The molecule has 4 rings (SSSR count). The van der Waals surface area contributed by atoms with E-state index in [-0.39, 0.29) is 11.9 Å². The highest BCUT2D eigenvalue weighted by molar-refractivity contribution is 6.00. The molecule has 7 nitrogen and oxygen atoms in total. The van der Waals surface area contributed by atoms with Crippen LogP contribution in [-0.2, 0) is 6.54 Å². The molecule has 2 aromatic heterocycles. The minimum Gasteiger partial charge on any atom is -0.497 e. The van der Waals surface area contributed by atoms with Gasteiger partial charge in [-0.15, -0.1) is 0 Å². The van der Waals surface area contributed by atoms with Crippen LogP contribution in [0.3, 0.4) is 0 Å². The molecule has 0 fully saturated rings. The van der Waals surface area contributed by atoms with Crippen molar-refractivity contribution in [2.45, 2.75) is 39.3 Å². The van der Waals surface area contributed by atoms with E-state index in [1.165, 1.54) is 0 Å². The molecule has 140 valence electrons. The van der Waals surface area contributed by atoms with Gasteiger partial charge in [0.05, 0.1) is 18.7 Å². The van der Waals surface area contributed by atoms with E-state index in [9.17, 15) is 4.79 Å². The molecule has 0 aliphatic carbocycles. The van der Waals surface area contributed by atoms with Gasteiger partial charge in [-0.25, -0.2) is 9.67 Å². The smallest absolute Gasteiger partial charge is 0.255 e. The van der Waals surface area contributed by atoms with Gasteiger partial charge in [-0.1, -0.05) is 0 Å². The average Bonchev–Trinajstić information content (AvgIpc) is 3.24. The summed E-state index contributed by atoms with van der Waals surface area (Å²) in [6, 6.07) is 9.09. The van der Waals surface area contributed by atoms with Crippen molar-refractivity contribution in [2.75, 3.05) is 7.11 Å². The van der Waals surface area contributed by atoms with E-state index in [0.29, 0.717) is 17.1 Å². The fourth-order valence-corrected chi connectivity index (χ4v) is 3.48. The van der Waals surface area contributed by atoms with Crippen LogP contribution in [0.25, 0.3) is 11.3 Å². The zero-order valence-electron chi connectivity index (χ0n) is 15.7. The molecule has 0 spiro atoms. The normalized spacial score (nSPS) is 16.0. The fraction of sp³-hybridized carbons (Fsp3) is 0.350. The van der Waals surface area contributed by atoms with Gasteiger partial charge in [0.15, 0.2) is 0 Å². The summed E-state index contributed by atoms with van der Waals surface area (Å²) >= 11 is 0. The van der Waals surface area contributed by atoms with Gasteiger partial charge in [0.1, 0.15) is 28.9 Å². The Balaban J connectivity index is 1.61. The Hall–Kier alpha value is -3.09. The van der Waals surface area contributed by atoms with Crippen molar-refractivity contribution in [3.05, 3.63) is 53.3 Å². The van der Waals surface area contributed by atoms with Gasteiger partial charge in [-0.3, -0.25) is 4.79 Å². The Labute approximate surface area is 157 Å². The number of hydrogen-bond donors (Lipinski definition) is 1. The third-order valence-corrected chi connectivity index (χ3v) is 4.74. The van der Waals surface area contributed by atoms with Gasteiger partial charge in [0.2, 0.25) is 0 Å². The number of fused-ring (bicyclic) bond motifs is 1. The maximum Gasteiger partial charge on any atom is 0.255 e. The van der Waals surface area contributed by atoms with Crippen molar-refractivity contribution < 1.29 is 13.9 Å². The molecule has 1 N–H and O–H groups in total. The lowest BCUT2D eigenvalue weighted by atomic mass is 10.0. The van der Waals surface area contributed by atoms with E-state index in [2.05, 4.69) is 15.4 Å². The van der Waals surface area contributed by atoms with Crippen LogP contribution in [0, 0.1) is 13.8 Å². The van der Waals surface area contributed by atoms with Crippen molar-refractivity contribution in [1.82, 2.24) is 20.1 Å². The lowest BCUT2D eigenvalue weighted by Crippen LogP contribution is -2.33. The highest BCUT2D eigenvalue weighted by atomic mass is 16.5. The molecular weight excluding hydrogens is 344 g/mol. The van der Waals surface area contributed by atoms with Gasteiger partial charge >= 0.3 is 0 Å². The Bertz CT molecular complexity index is 972. The number of amides is 1. The van der Waals surface area contributed by atoms with Crippen LogP contribution < -0.4 is 10.1 Å². The monoisotopic (exact) mass is 366 g/mol. The van der Waals surface area contributed by atoms with Crippen molar-refractivity contribution >= 4 is 5.91 Å². The van der Waals surface area contributed by atoms with Gasteiger partial charge < -0.3 is 14.5 Å². The number of rotatable bonds is 4. The molecule has 0 radical (unpaired) electrons. The molecule has 7 heteroatoms. The average molecular weight is 366 g/mol. The lowest BCUT2D eigenvalue weighted by Gasteiger charge is -2.23. The van der Waals surface area contributed by atoms with Crippen LogP contribution in [-0.4, -0.2) is 27.8 Å². The van der Waals surface area contributed by atoms with Crippen molar-refractivity contribution in [2.24, 2.45) is 0 Å². The first kappa shape index (κ1) is 17.3. The quantitative estimate of drug-likeness (QED) is 0.765. The number of aromatic nitrogens is 3. The summed E-state index contributed by atoms with van der Waals surface area (Å²) in [6.45, 7) is 4.54. The molecule has 1 aromatic carbocycles. The fourth-order valence-electron chi connectivity index (χ4n) is 3.48. The number of furan rings is 1. The van der Waals surface area contributed by atoms with Crippen LogP contribution in [0.15, 0.2) is 34.7 Å². The van der Waals surface area contributed by atoms with Gasteiger partial charge in [-0.2, -0.15) is 5.10 Å². The zero-order valence-corrected chi connectivity index (χ0v) is 15.7. The van der Waals surface area contributed by atoms with Gasteiger partial charge in [0.25, 0.3) is 5.91 Å². The van der Waals surface area contributed by atoms with Crippen molar-refractivity contribution in [1.29, 1.82) is 0 Å². The molecule has 27 heavy (non-hydrogen) atoms. The molecule has 0 saturated heterocycles.